The third-order valence-corrected chi connectivity index (χ3v) is 2.86. The average molecular weight is 299 g/mol. The van der Waals surface area contributed by atoms with E-state index in [1.165, 1.54) is 0 Å². The van der Waals surface area contributed by atoms with Crippen molar-refractivity contribution in [2.75, 3.05) is 0 Å². The summed E-state index contributed by atoms with van der Waals surface area (Å²) in [5.41, 5.74) is 1.44. The van der Waals surface area contributed by atoms with E-state index < -0.39 is 6.09 Å². The second-order valence-electron chi connectivity index (χ2n) is 4.44. The first-order chi connectivity index (χ1) is 10.8. The lowest BCUT2D eigenvalue weighted by molar-refractivity contribution is 0.136. The molecule has 0 unspecified atom stereocenters. The molecule has 3 rings (SSSR count). The van der Waals surface area contributed by atoms with Gasteiger partial charge in [0, 0.05) is 25.0 Å². The van der Waals surface area contributed by atoms with Crippen LogP contribution in [0.4, 0.5) is 4.79 Å². The fraction of sp³-hybridized carbons (Fsp3) is 0.133. The number of alkyl carbamates (subject to hydrolysis) is 1. The molecule has 0 spiro atoms. The van der Waals surface area contributed by atoms with Gasteiger partial charge in [0.2, 0.25) is 5.76 Å². The zero-order valence-electron chi connectivity index (χ0n) is 11.6. The predicted molar refractivity (Wildman–Crippen MR) is 75.5 cm³/mol. The minimum Gasteiger partial charge on any atom is -0.461 e. The van der Waals surface area contributed by atoms with E-state index in [-0.39, 0.29) is 6.61 Å². The van der Waals surface area contributed by atoms with E-state index in [9.17, 15) is 4.79 Å². The molecule has 0 aromatic carbocycles. The highest BCUT2D eigenvalue weighted by molar-refractivity contribution is 5.67. The monoisotopic (exact) mass is 299 g/mol. The van der Waals surface area contributed by atoms with E-state index in [0.717, 1.165) is 5.56 Å². The summed E-state index contributed by atoms with van der Waals surface area (Å²) in [6.07, 6.45) is 4.34. The number of nitrogens with one attached hydrogen (secondary N) is 1. The molecule has 0 saturated carbocycles. The number of carbonyl (C=O) groups is 1. The van der Waals surface area contributed by atoms with Gasteiger partial charge in [-0.25, -0.2) is 4.79 Å². The molecule has 0 atom stereocenters. The standard InChI is InChI=1S/C15H13N3O4/c19-15(17-9-11-3-5-16-6-4-11)21-10-12-8-14(22-18-12)13-2-1-7-20-13/h1-8H,9-10H2,(H,17,19). The lowest BCUT2D eigenvalue weighted by Crippen LogP contribution is -2.23. The highest BCUT2D eigenvalue weighted by Gasteiger charge is 2.10. The van der Waals surface area contributed by atoms with Crippen molar-refractivity contribution in [1.82, 2.24) is 15.5 Å². The predicted octanol–water partition coefficient (Wildman–Crippen LogP) is 2.76. The molecule has 7 heteroatoms. The van der Waals surface area contributed by atoms with Gasteiger partial charge < -0.3 is 19.0 Å². The second-order valence-corrected chi connectivity index (χ2v) is 4.44. The minimum absolute atomic E-state index is 0.0202. The van der Waals surface area contributed by atoms with Crippen LogP contribution in [0.2, 0.25) is 0 Å². The van der Waals surface area contributed by atoms with E-state index in [1.807, 2.05) is 12.1 Å². The lowest BCUT2D eigenvalue weighted by atomic mass is 10.3. The molecule has 0 bridgehead atoms. The van der Waals surface area contributed by atoms with Crippen molar-refractivity contribution in [3.05, 3.63) is 60.2 Å². The van der Waals surface area contributed by atoms with Gasteiger partial charge in [0.1, 0.15) is 12.3 Å². The number of aromatic nitrogens is 2. The van der Waals surface area contributed by atoms with Gasteiger partial charge in [-0.05, 0) is 29.8 Å². The molecule has 1 amide bonds. The minimum atomic E-state index is -0.528. The van der Waals surface area contributed by atoms with Crippen LogP contribution in [0.3, 0.4) is 0 Å². The molecule has 0 saturated heterocycles. The Bertz CT molecular complexity index is 722. The first-order valence-corrected chi connectivity index (χ1v) is 6.60. The van der Waals surface area contributed by atoms with Gasteiger partial charge in [0.15, 0.2) is 5.76 Å². The fourth-order valence-corrected chi connectivity index (χ4v) is 1.78. The third-order valence-electron chi connectivity index (χ3n) is 2.86. The van der Waals surface area contributed by atoms with Crippen molar-refractivity contribution in [3.63, 3.8) is 0 Å². The highest BCUT2D eigenvalue weighted by Crippen LogP contribution is 2.20. The zero-order chi connectivity index (χ0) is 15.2. The number of carbonyl (C=O) groups excluding carboxylic acids is 1. The third kappa shape index (κ3) is 3.51. The Morgan fingerprint density at radius 2 is 2.09 bits per heavy atom. The van der Waals surface area contributed by atoms with Gasteiger partial charge in [0.25, 0.3) is 0 Å². The van der Waals surface area contributed by atoms with Gasteiger partial charge in [0.05, 0.1) is 6.26 Å². The number of amides is 1. The van der Waals surface area contributed by atoms with Gasteiger partial charge in [-0.3, -0.25) is 4.98 Å². The van der Waals surface area contributed by atoms with Crippen molar-refractivity contribution < 1.29 is 18.5 Å². The molecule has 112 valence electrons. The molecule has 7 nitrogen and oxygen atoms in total. The Kier molecular flexibility index (Phi) is 4.15. The maximum atomic E-state index is 11.6. The molecule has 0 aliphatic carbocycles. The van der Waals surface area contributed by atoms with Gasteiger partial charge in [-0.2, -0.15) is 0 Å². The number of hydrogen-bond acceptors (Lipinski definition) is 6. The summed E-state index contributed by atoms with van der Waals surface area (Å²) in [4.78, 5) is 15.5. The number of furan rings is 1. The SMILES string of the molecule is O=C(NCc1ccncc1)OCc1cc(-c2ccco2)on1. The Labute approximate surface area is 125 Å². The number of pyridine rings is 1. The van der Waals surface area contributed by atoms with E-state index in [0.29, 0.717) is 23.8 Å². The van der Waals surface area contributed by atoms with Gasteiger partial charge in [-0.1, -0.05) is 5.16 Å². The molecule has 22 heavy (non-hydrogen) atoms. The smallest absolute Gasteiger partial charge is 0.407 e. The summed E-state index contributed by atoms with van der Waals surface area (Å²) < 4.78 is 15.4. The molecular formula is C15H13N3O4. The Hall–Kier alpha value is -3.09. The van der Waals surface area contributed by atoms with E-state index >= 15 is 0 Å². The first kappa shape index (κ1) is 13.9. The number of ether oxygens (including phenoxy) is 1. The van der Waals surface area contributed by atoms with Gasteiger partial charge in [-0.15, -0.1) is 0 Å². The number of hydrogen-bond donors (Lipinski definition) is 1. The molecule has 1 N–H and O–H groups in total. The van der Waals surface area contributed by atoms with Crippen LogP contribution >= 0.6 is 0 Å². The van der Waals surface area contributed by atoms with Crippen LogP contribution in [0.15, 0.2) is 57.9 Å². The van der Waals surface area contributed by atoms with Crippen LogP contribution in [0, 0.1) is 0 Å². The van der Waals surface area contributed by atoms with Crippen LogP contribution in [0.1, 0.15) is 11.3 Å². The van der Waals surface area contributed by atoms with Crippen LogP contribution in [-0.4, -0.2) is 16.2 Å². The van der Waals surface area contributed by atoms with Crippen molar-refractivity contribution >= 4 is 6.09 Å². The van der Waals surface area contributed by atoms with E-state index in [2.05, 4.69) is 15.5 Å². The molecule has 0 radical (unpaired) electrons. The van der Waals surface area contributed by atoms with Crippen LogP contribution in [-0.2, 0) is 17.9 Å². The number of nitrogens with zero attached hydrogens (tertiary/aromatic N) is 2. The summed E-state index contributed by atoms with van der Waals surface area (Å²) in [5, 5.41) is 6.45. The number of rotatable bonds is 5. The molecule has 0 aliphatic rings. The molecular weight excluding hydrogens is 286 g/mol. The molecule has 0 aliphatic heterocycles. The van der Waals surface area contributed by atoms with Crippen molar-refractivity contribution in [2.24, 2.45) is 0 Å². The Morgan fingerprint density at radius 3 is 2.86 bits per heavy atom. The topological polar surface area (TPSA) is 90.4 Å². The normalized spacial score (nSPS) is 10.4. The second kappa shape index (κ2) is 6.57. The summed E-state index contributed by atoms with van der Waals surface area (Å²) in [6.45, 7) is 0.393. The van der Waals surface area contributed by atoms with E-state index in [4.69, 9.17) is 13.7 Å². The molecule has 3 aromatic rings. The van der Waals surface area contributed by atoms with Gasteiger partial charge >= 0.3 is 6.09 Å². The van der Waals surface area contributed by atoms with Crippen LogP contribution < -0.4 is 5.32 Å². The summed E-state index contributed by atoms with van der Waals surface area (Å²) in [6, 6.07) is 8.79. The van der Waals surface area contributed by atoms with Crippen LogP contribution in [0.5, 0.6) is 0 Å². The Morgan fingerprint density at radius 1 is 1.23 bits per heavy atom. The average Bonchev–Trinajstić information content (AvgIpc) is 3.22. The van der Waals surface area contributed by atoms with Crippen molar-refractivity contribution in [3.8, 4) is 11.5 Å². The van der Waals surface area contributed by atoms with Crippen molar-refractivity contribution in [1.29, 1.82) is 0 Å². The molecule has 3 aromatic heterocycles. The zero-order valence-corrected chi connectivity index (χ0v) is 11.6. The van der Waals surface area contributed by atoms with Crippen LogP contribution in [0.25, 0.3) is 11.5 Å². The summed E-state index contributed by atoms with van der Waals surface area (Å²) in [7, 11) is 0. The molecule has 0 fully saturated rings. The first-order valence-electron chi connectivity index (χ1n) is 6.60. The van der Waals surface area contributed by atoms with Crippen molar-refractivity contribution in [2.45, 2.75) is 13.2 Å². The maximum Gasteiger partial charge on any atom is 0.407 e. The fourth-order valence-electron chi connectivity index (χ4n) is 1.78. The maximum absolute atomic E-state index is 11.6. The summed E-state index contributed by atoms with van der Waals surface area (Å²) in [5.74, 6) is 1.06. The summed E-state index contributed by atoms with van der Waals surface area (Å²) >= 11 is 0. The molecule has 3 heterocycles. The lowest BCUT2D eigenvalue weighted by Gasteiger charge is -2.05. The Balaban J connectivity index is 1.47. The largest absolute Gasteiger partial charge is 0.461 e. The quantitative estimate of drug-likeness (QED) is 0.779. The highest BCUT2D eigenvalue weighted by atomic mass is 16.6. The van der Waals surface area contributed by atoms with E-state index in [1.54, 1.807) is 36.9 Å².